The molecule has 0 amide bonds. The Balaban J connectivity index is 0.00000176. The molecular formula is C16H14Cl3NOS. The molecule has 0 fully saturated rings. The Hall–Kier alpha value is -0.970. The molecule has 6 heteroatoms. The SMILES string of the molecule is Cl.Clc1ccc(-c2ccc(CNCc3cccs3)o2)c(Cl)c1. The van der Waals surface area contributed by atoms with Crippen molar-refractivity contribution in [2.75, 3.05) is 0 Å². The molecule has 116 valence electrons. The van der Waals surface area contributed by atoms with Crippen molar-refractivity contribution in [3.63, 3.8) is 0 Å². The molecule has 0 aliphatic heterocycles. The zero-order valence-corrected chi connectivity index (χ0v) is 14.7. The fourth-order valence-electron chi connectivity index (χ4n) is 2.03. The Labute approximate surface area is 149 Å². The van der Waals surface area contributed by atoms with Gasteiger partial charge in [-0.2, -0.15) is 0 Å². The molecule has 1 N–H and O–H groups in total. The summed E-state index contributed by atoms with van der Waals surface area (Å²) in [6.07, 6.45) is 0. The number of nitrogens with one attached hydrogen (secondary N) is 1. The average molecular weight is 375 g/mol. The van der Waals surface area contributed by atoms with Crippen LogP contribution in [0.4, 0.5) is 0 Å². The van der Waals surface area contributed by atoms with Crippen molar-refractivity contribution in [3.05, 3.63) is 68.5 Å². The third kappa shape index (κ3) is 4.28. The van der Waals surface area contributed by atoms with E-state index in [1.165, 1.54) is 4.88 Å². The van der Waals surface area contributed by atoms with E-state index in [1.807, 2.05) is 18.2 Å². The van der Waals surface area contributed by atoms with Crippen molar-refractivity contribution in [3.8, 4) is 11.3 Å². The first-order valence-corrected chi connectivity index (χ1v) is 8.13. The van der Waals surface area contributed by atoms with Gasteiger partial charge in [0.2, 0.25) is 0 Å². The van der Waals surface area contributed by atoms with Crippen LogP contribution in [0, 0.1) is 0 Å². The van der Waals surface area contributed by atoms with Crippen LogP contribution in [0.15, 0.2) is 52.3 Å². The summed E-state index contributed by atoms with van der Waals surface area (Å²) in [6, 6.07) is 13.4. The quantitative estimate of drug-likeness (QED) is 0.590. The fourth-order valence-corrected chi connectivity index (χ4v) is 3.21. The van der Waals surface area contributed by atoms with Gasteiger partial charge in [-0.05, 0) is 41.8 Å². The minimum Gasteiger partial charge on any atom is -0.460 e. The predicted octanol–water partition coefficient (Wildman–Crippen LogP) is 6.03. The van der Waals surface area contributed by atoms with Crippen LogP contribution in [-0.2, 0) is 13.1 Å². The van der Waals surface area contributed by atoms with Crippen LogP contribution in [0.3, 0.4) is 0 Å². The van der Waals surface area contributed by atoms with E-state index in [0.717, 1.165) is 23.6 Å². The summed E-state index contributed by atoms with van der Waals surface area (Å²) in [5.41, 5.74) is 0.852. The Morgan fingerprint density at radius 3 is 2.64 bits per heavy atom. The predicted molar refractivity (Wildman–Crippen MR) is 96.3 cm³/mol. The molecule has 22 heavy (non-hydrogen) atoms. The summed E-state index contributed by atoms with van der Waals surface area (Å²) in [5, 5.41) is 6.64. The molecule has 0 saturated heterocycles. The van der Waals surface area contributed by atoms with E-state index in [9.17, 15) is 0 Å². The molecule has 2 aromatic heterocycles. The zero-order valence-electron chi connectivity index (χ0n) is 11.5. The maximum atomic E-state index is 6.19. The van der Waals surface area contributed by atoms with Crippen molar-refractivity contribution in [1.82, 2.24) is 5.32 Å². The number of rotatable bonds is 5. The van der Waals surface area contributed by atoms with Gasteiger partial charge in [0.05, 0.1) is 11.6 Å². The standard InChI is InChI=1S/C16H13Cl2NOS.ClH/c17-11-3-5-14(15(18)8-11)16-6-4-12(20-16)9-19-10-13-2-1-7-21-13;/h1-8,19H,9-10H2;1H. The smallest absolute Gasteiger partial charge is 0.135 e. The number of halogens is 3. The highest BCUT2D eigenvalue weighted by Crippen LogP contribution is 2.31. The highest BCUT2D eigenvalue weighted by Gasteiger charge is 2.09. The topological polar surface area (TPSA) is 25.2 Å². The lowest BCUT2D eigenvalue weighted by Gasteiger charge is -2.02. The first-order chi connectivity index (χ1) is 10.2. The highest BCUT2D eigenvalue weighted by atomic mass is 35.5. The molecular weight excluding hydrogens is 361 g/mol. The summed E-state index contributed by atoms with van der Waals surface area (Å²) < 4.78 is 5.82. The second-order valence-corrected chi connectivity index (χ2v) is 6.45. The Kier molecular flexibility index (Phi) is 6.36. The summed E-state index contributed by atoms with van der Waals surface area (Å²) >= 11 is 13.8. The lowest BCUT2D eigenvalue weighted by atomic mass is 10.2. The molecule has 0 radical (unpaired) electrons. The van der Waals surface area contributed by atoms with Gasteiger partial charge in [-0.1, -0.05) is 29.3 Å². The minimum absolute atomic E-state index is 0. The van der Waals surface area contributed by atoms with Gasteiger partial charge in [0, 0.05) is 22.0 Å². The van der Waals surface area contributed by atoms with Crippen molar-refractivity contribution in [2.24, 2.45) is 0 Å². The lowest BCUT2D eigenvalue weighted by Crippen LogP contribution is -2.10. The molecule has 0 spiro atoms. The number of furan rings is 1. The van der Waals surface area contributed by atoms with E-state index in [-0.39, 0.29) is 12.4 Å². The Morgan fingerprint density at radius 2 is 1.91 bits per heavy atom. The van der Waals surface area contributed by atoms with Crippen molar-refractivity contribution < 1.29 is 4.42 Å². The van der Waals surface area contributed by atoms with Crippen LogP contribution in [-0.4, -0.2) is 0 Å². The molecule has 2 nitrogen and oxygen atoms in total. The van der Waals surface area contributed by atoms with Gasteiger partial charge in [-0.3, -0.25) is 0 Å². The molecule has 0 aliphatic carbocycles. The van der Waals surface area contributed by atoms with Crippen LogP contribution >= 0.6 is 46.9 Å². The fraction of sp³-hybridized carbons (Fsp3) is 0.125. The van der Waals surface area contributed by atoms with Crippen molar-refractivity contribution >= 4 is 46.9 Å². The van der Waals surface area contributed by atoms with E-state index >= 15 is 0 Å². The Morgan fingerprint density at radius 1 is 1.05 bits per heavy atom. The zero-order chi connectivity index (χ0) is 14.7. The number of hydrogen-bond acceptors (Lipinski definition) is 3. The molecule has 0 aliphatic rings. The third-order valence-corrected chi connectivity index (χ3v) is 4.46. The van der Waals surface area contributed by atoms with Gasteiger partial charge in [0.25, 0.3) is 0 Å². The van der Waals surface area contributed by atoms with E-state index in [2.05, 4.69) is 22.8 Å². The number of benzene rings is 1. The second-order valence-electron chi connectivity index (χ2n) is 4.57. The summed E-state index contributed by atoms with van der Waals surface area (Å²) in [5.74, 6) is 1.64. The van der Waals surface area contributed by atoms with Crippen LogP contribution in [0.25, 0.3) is 11.3 Å². The van der Waals surface area contributed by atoms with Gasteiger partial charge in [-0.25, -0.2) is 0 Å². The number of hydrogen-bond donors (Lipinski definition) is 1. The van der Waals surface area contributed by atoms with Crippen molar-refractivity contribution in [1.29, 1.82) is 0 Å². The average Bonchev–Trinajstić information content (AvgIpc) is 3.10. The summed E-state index contributed by atoms with van der Waals surface area (Å²) in [6.45, 7) is 1.53. The summed E-state index contributed by atoms with van der Waals surface area (Å²) in [7, 11) is 0. The molecule has 0 bridgehead atoms. The molecule has 3 rings (SSSR count). The van der Waals surface area contributed by atoms with E-state index in [4.69, 9.17) is 27.6 Å². The third-order valence-electron chi connectivity index (χ3n) is 3.04. The molecule has 2 heterocycles. The van der Waals surface area contributed by atoms with Gasteiger partial charge >= 0.3 is 0 Å². The first-order valence-electron chi connectivity index (χ1n) is 6.49. The molecule has 0 unspecified atom stereocenters. The van der Waals surface area contributed by atoms with E-state index < -0.39 is 0 Å². The highest BCUT2D eigenvalue weighted by molar-refractivity contribution is 7.09. The molecule has 1 aromatic carbocycles. The van der Waals surface area contributed by atoms with Crippen LogP contribution in [0.5, 0.6) is 0 Å². The van der Waals surface area contributed by atoms with Gasteiger partial charge in [-0.15, -0.1) is 23.7 Å². The van der Waals surface area contributed by atoms with Crippen LogP contribution in [0.2, 0.25) is 10.0 Å². The monoisotopic (exact) mass is 373 g/mol. The second kappa shape index (κ2) is 8.04. The largest absolute Gasteiger partial charge is 0.460 e. The first kappa shape index (κ1) is 17.4. The van der Waals surface area contributed by atoms with Gasteiger partial charge in [0.15, 0.2) is 0 Å². The lowest BCUT2D eigenvalue weighted by molar-refractivity contribution is 0.494. The van der Waals surface area contributed by atoms with Crippen molar-refractivity contribution in [2.45, 2.75) is 13.1 Å². The molecule has 3 aromatic rings. The summed E-state index contributed by atoms with van der Waals surface area (Å²) in [4.78, 5) is 1.31. The van der Waals surface area contributed by atoms with Gasteiger partial charge < -0.3 is 9.73 Å². The van der Waals surface area contributed by atoms with E-state index in [0.29, 0.717) is 16.6 Å². The molecule has 0 atom stereocenters. The minimum atomic E-state index is 0. The maximum Gasteiger partial charge on any atom is 0.135 e. The van der Waals surface area contributed by atoms with Crippen LogP contribution in [0.1, 0.15) is 10.6 Å². The Bertz CT molecular complexity index is 725. The number of thiophene rings is 1. The van der Waals surface area contributed by atoms with Gasteiger partial charge in [0.1, 0.15) is 11.5 Å². The maximum absolute atomic E-state index is 6.19. The van der Waals surface area contributed by atoms with E-state index in [1.54, 1.807) is 23.5 Å². The molecule has 0 saturated carbocycles. The van der Waals surface area contributed by atoms with Crippen LogP contribution < -0.4 is 5.32 Å². The normalized spacial score (nSPS) is 10.5.